The van der Waals surface area contributed by atoms with Crippen molar-refractivity contribution in [2.45, 2.75) is 30.7 Å². The molecule has 2 heterocycles. The number of aryl methyl sites for hydroxylation is 2. The van der Waals surface area contributed by atoms with Crippen LogP contribution in [0.1, 0.15) is 30.1 Å². The van der Waals surface area contributed by atoms with E-state index in [4.69, 9.17) is 0 Å². The standard InChI is InChI=1S/C18H24FN3O2S/c1-14-12-15(19)7-8-18(14)25(23,24)20-13-17(22-10-3-4-11-22)16-6-5-9-21(16)2/h5-9,12,17,20H,3-4,10-11,13H2,1-2H3. The van der Waals surface area contributed by atoms with Crippen LogP contribution in [0.5, 0.6) is 0 Å². The molecule has 1 aromatic heterocycles. The number of sulfonamides is 1. The number of likely N-dealkylation sites (tertiary alicyclic amines) is 1. The van der Waals surface area contributed by atoms with Gasteiger partial charge in [-0.15, -0.1) is 0 Å². The quantitative estimate of drug-likeness (QED) is 0.856. The van der Waals surface area contributed by atoms with Gasteiger partial charge in [0.1, 0.15) is 5.82 Å². The Hall–Kier alpha value is -1.70. The molecule has 0 amide bonds. The Morgan fingerprint density at radius 3 is 2.56 bits per heavy atom. The molecule has 1 aliphatic rings. The van der Waals surface area contributed by atoms with Crippen LogP contribution in [0.2, 0.25) is 0 Å². The SMILES string of the molecule is Cc1cc(F)ccc1S(=O)(=O)NCC(c1cccn1C)N1CCCC1. The van der Waals surface area contributed by atoms with Crippen molar-refractivity contribution in [3.8, 4) is 0 Å². The molecule has 136 valence electrons. The van der Waals surface area contributed by atoms with Crippen LogP contribution in [0.25, 0.3) is 0 Å². The lowest BCUT2D eigenvalue weighted by molar-refractivity contribution is 0.238. The first-order chi connectivity index (χ1) is 11.9. The number of rotatable bonds is 6. The summed E-state index contributed by atoms with van der Waals surface area (Å²) in [7, 11) is -1.72. The average molecular weight is 365 g/mol. The molecule has 0 bridgehead atoms. The lowest BCUT2D eigenvalue weighted by Crippen LogP contribution is -2.37. The van der Waals surface area contributed by atoms with E-state index in [0.29, 0.717) is 5.56 Å². The van der Waals surface area contributed by atoms with E-state index in [1.165, 1.54) is 18.2 Å². The number of hydrogen-bond donors (Lipinski definition) is 1. The summed E-state index contributed by atoms with van der Waals surface area (Å²) in [6.07, 6.45) is 4.23. The van der Waals surface area contributed by atoms with E-state index in [2.05, 4.69) is 9.62 Å². The van der Waals surface area contributed by atoms with Crippen molar-refractivity contribution in [1.82, 2.24) is 14.2 Å². The lowest BCUT2D eigenvalue weighted by atomic mass is 10.2. The van der Waals surface area contributed by atoms with E-state index in [1.54, 1.807) is 6.92 Å². The Morgan fingerprint density at radius 2 is 1.96 bits per heavy atom. The minimum absolute atomic E-state index is 0.0157. The molecule has 0 aliphatic carbocycles. The van der Waals surface area contributed by atoms with Gasteiger partial charge in [0.15, 0.2) is 0 Å². The van der Waals surface area contributed by atoms with Gasteiger partial charge in [-0.05, 0) is 68.8 Å². The van der Waals surface area contributed by atoms with Crippen molar-refractivity contribution in [2.24, 2.45) is 7.05 Å². The first-order valence-electron chi connectivity index (χ1n) is 8.49. The molecule has 1 atom stereocenters. The lowest BCUT2D eigenvalue weighted by Gasteiger charge is -2.28. The third kappa shape index (κ3) is 3.94. The van der Waals surface area contributed by atoms with Gasteiger partial charge >= 0.3 is 0 Å². The zero-order chi connectivity index (χ0) is 18.0. The van der Waals surface area contributed by atoms with Gasteiger partial charge in [-0.3, -0.25) is 4.90 Å². The smallest absolute Gasteiger partial charge is 0.240 e. The fraction of sp³-hybridized carbons (Fsp3) is 0.444. The molecule has 5 nitrogen and oxygen atoms in total. The number of hydrogen-bond acceptors (Lipinski definition) is 3. The molecule has 7 heteroatoms. The topological polar surface area (TPSA) is 54.3 Å². The van der Waals surface area contributed by atoms with E-state index in [1.807, 2.05) is 29.9 Å². The number of nitrogens with one attached hydrogen (secondary N) is 1. The molecule has 1 fully saturated rings. The van der Waals surface area contributed by atoms with Gasteiger partial charge in [0.25, 0.3) is 0 Å². The van der Waals surface area contributed by atoms with E-state index in [-0.39, 0.29) is 17.5 Å². The molecule has 0 spiro atoms. The summed E-state index contributed by atoms with van der Waals surface area (Å²) in [5, 5.41) is 0. The van der Waals surface area contributed by atoms with Gasteiger partial charge < -0.3 is 4.57 Å². The highest BCUT2D eigenvalue weighted by Gasteiger charge is 2.27. The first-order valence-corrected chi connectivity index (χ1v) is 9.98. The highest BCUT2D eigenvalue weighted by Crippen LogP contribution is 2.25. The second-order valence-electron chi connectivity index (χ2n) is 6.56. The molecule has 0 saturated carbocycles. The van der Waals surface area contributed by atoms with Crippen LogP contribution in [-0.2, 0) is 17.1 Å². The van der Waals surface area contributed by atoms with Crippen LogP contribution in [0.3, 0.4) is 0 Å². The average Bonchev–Trinajstić information content (AvgIpc) is 3.20. The monoisotopic (exact) mass is 365 g/mol. The normalized spacial score (nSPS) is 17.1. The van der Waals surface area contributed by atoms with E-state index in [0.717, 1.165) is 31.6 Å². The molecule has 25 heavy (non-hydrogen) atoms. The summed E-state index contributed by atoms with van der Waals surface area (Å²) >= 11 is 0. The van der Waals surface area contributed by atoms with E-state index in [9.17, 15) is 12.8 Å². The Balaban J connectivity index is 1.81. The van der Waals surface area contributed by atoms with Gasteiger partial charge in [-0.2, -0.15) is 0 Å². The minimum atomic E-state index is -3.69. The first kappa shape index (κ1) is 18.1. The fourth-order valence-electron chi connectivity index (χ4n) is 3.48. The predicted octanol–water partition coefficient (Wildman–Crippen LogP) is 2.59. The maximum atomic E-state index is 13.3. The summed E-state index contributed by atoms with van der Waals surface area (Å²) < 4.78 is 43.4. The van der Waals surface area contributed by atoms with Crippen LogP contribution in [-0.4, -0.2) is 37.5 Å². The van der Waals surface area contributed by atoms with Gasteiger partial charge in [-0.25, -0.2) is 17.5 Å². The molecular formula is C18H24FN3O2S. The Labute approximate surface area is 148 Å². The van der Waals surface area contributed by atoms with Crippen molar-refractivity contribution in [3.05, 3.63) is 53.6 Å². The fourth-order valence-corrected chi connectivity index (χ4v) is 4.74. The second-order valence-corrected chi connectivity index (χ2v) is 8.30. The zero-order valence-corrected chi connectivity index (χ0v) is 15.4. The maximum absolute atomic E-state index is 13.3. The molecule has 1 aliphatic heterocycles. The van der Waals surface area contributed by atoms with Crippen molar-refractivity contribution in [1.29, 1.82) is 0 Å². The molecule has 1 unspecified atom stereocenters. The minimum Gasteiger partial charge on any atom is -0.353 e. The van der Waals surface area contributed by atoms with Crippen LogP contribution >= 0.6 is 0 Å². The third-order valence-corrected chi connectivity index (χ3v) is 6.38. The summed E-state index contributed by atoms with van der Waals surface area (Å²) in [5.41, 5.74) is 1.49. The van der Waals surface area contributed by atoms with E-state index >= 15 is 0 Å². The van der Waals surface area contributed by atoms with Crippen LogP contribution in [0.15, 0.2) is 41.4 Å². The third-order valence-electron chi connectivity index (χ3n) is 4.80. The van der Waals surface area contributed by atoms with Crippen molar-refractivity contribution in [2.75, 3.05) is 19.6 Å². The maximum Gasteiger partial charge on any atom is 0.240 e. The van der Waals surface area contributed by atoms with Gasteiger partial charge in [0.05, 0.1) is 10.9 Å². The molecule has 1 N–H and O–H groups in total. The summed E-state index contributed by atoms with van der Waals surface area (Å²) in [4.78, 5) is 2.44. The van der Waals surface area contributed by atoms with Gasteiger partial charge in [-0.1, -0.05) is 0 Å². The predicted molar refractivity (Wildman–Crippen MR) is 95.3 cm³/mol. The summed E-state index contributed by atoms with van der Waals surface area (Å²) in [6.45, 7) is 3.82. The number of aromatic nitrogens is 1. The molecule has 0 radical (unpaired) electrons. The number of benzene rings is 1. The van der Waals surface area contributed by atoms with Crippen LogP contribution in [0, 0.1) is 12.7 Å². The molecule has 2 aromatic rings. The highest BCUT2D eigenvalue weighted by atomic mass is 32.2. The molecule has 1 aromatic carbocycles. The van der Waals surface area contributed by atoms with Crippen LogP contribution in [0.4, 0.5) is 4.39 Å². The Morgan fingerprint density at radius 1 is 1.24 bits per heavy atom. The molecule has 3 rings (SSSR count). The summed E-state index contributed by atoms with van der Waals surface area (Å²) in [5.74, 6) is -0.435. The Kier molecular flexibility index (Phi) is 5.27. The van der Waals surface area contributed by atoms with Crippen LogP contribution < -0.4 is 4.72 Å². The van der Waals surface area contributed by atoms with Crippen molar-refractivity contribution in [3.63, 3.8) is 0 Å². The summed E-state index contributed by atoms with van der Waals surface area (Å²) in [6, 6.07) is 7.72. The zero-order valence-electron chi connectivity index (χ0n) is 14.6. The Bertz CT molecular complexity index is 842. The van der Waals surface area contributed by atoms with E-state index < -0.39 is 15.8 Å². The van der Waals surface area contributed by atoms with Crippen molar-refractivity contribution < 1.29 is 12.8 Å². The van der Waals surface area contributed by atoms with Gasteiger partial charge in [0, 0.05) is 25.5 Å². The number of nitrogens with zero attached hydrogens (tertiary/aromatic N) is 2. The number of halogens is 1. The molecular weight excluding hydrogens is 341 g/mol. The second kappa shape index (κ2) is 7.27. The van der Waals surface area contributed by atoms with Crippen molar-refractivity contribution >= 4 is 10.0 Å². The molecule has 1 saturated heterocycles. The highest BCUT2D eigenvalue weighted by molar-refractivity contribution is 7.89. The van der Waals surface area contributed by atoms with Gasteiger partial charge in [0.2, 0.25) is 10.0 Å². The largest absolute Gasteiger partial charge is 0.353 e.